The van der Waals surface area contributed by atoms with Crippen molar-refractivity contribution < 1.29 is 14.6 Å². The Kier molecular flexibility index (Phi) is 5.04. The van der Waals surface area contributed by atoms with Gasteiger partial charge in [-0.1, -0.05) is 39.7 Å². The Bertz CT molecular complexity index is 672. The molecule has 0 radical (unpaired) electrons. The van der Waals surface area contributed by atoms with E-state index in [1.807, 2.05) is 0 Å². The third-order valence-corrected chi connectivity index (χ3v) is 5.21. The lowest BCUT2D eigenvalue weighted by atomic mass is 10.0. The number of hydrogen-bond acceptors (Lipinski definition) is 4. The Labute approximate surface area is 147 Å². The van der Waals surface area contributed by atoms with Crippen molar-refractivity contribution in [2.45, 2.75) is 29.9 Å². The molecule has 0 saturated heterocycles. The summed E-state index contributed by atoms with van der Waals surface area (Å²) in [6.07, 6.45) is 2.44. The lowest BCUT2D eigenvalue weighted by Crippen LogP contribution is -2.22. The number of ether oxygens (including phenoxy) is 1. The highest BCUT2D eigenvalue weighted by Crippen LogP contribution is 2.44. The van der Waals surface area contributed by atoms with Crippen LogP contribution in [0.5, 0.6) is 0 Å². The SMILES string of the molecule is O=COC(C1CC1)C(Br)c1nc[nH]c1C(O)c1ccc(Cl)cc1. The van der Waals surface area contributed by atoms with Crippen LogP contribution in [0.15, 0.2) is 30.6 Å². The molecule has 5 nitrogen and oxygen atoms in total. The van der Waals surface area contributed by atoms with E-state index in [1.54, 1.807) is 24.3 Å². The van der Waals surface area contributed by atoms with E-state index in [2.05, 4.69) is 25.9 Å². The van der Waals surface area contributed by atoms with Crippen molar-refractivity contribution in [1.29, 1.82) is 0 Å². The average molecular weight is 400 g/mol. The summed E-state index contributed by atoms with van der Waals surface area (Å²) in [7, 11) is 0. The second kappa shape index (κ2) is 7.03. The number of hydrogen-bond donors (Lipinski definition) is 2. The van der Waals surface area contributed by atoms with Gasteiger partial charge in [-0.05, 0) is 36.5 Å². The quantitative estimate of drug-likeness (QED) is 0.552. The number of carbonyl (C=O) groups is 1. The van der Waals surface area contributed by atoms with Gasteiger partial charge in [-0.3, -0.25) is 4.79 Å². The van der Waals surface area contributed by atoms with E-state index in [1.165, 1.54) is 6.33 Å². The smallest absolute Gasteiger partial charge is 0.293 e. The summed E-state index contributed by atoms with van der Waals surface area (Å²) >= 11 is 9.46. The van der Waals surface area contributed by atoms with Crippen LogP contribution in [0.4, 0.5) is 0 Å². The number of benzene rings is 1. The van der Waals surface area contributed by atoms with E-state index in [0.717, 1.165) is 12.8 Å². The molecule has 1 heterocycles. The maximum atomic E-state index is 10.8. The van der Waals surface area contributed by atoms with Crippen LogP contribution in [0.2, 0.25) is 5.02 Å². The molecule has 1 aromatic heterocycles. The van der Waals surface area contributed by atoms with Crippen LogP contribution in [-0.4, -0.2) is 27.7 Å². The molecule has 1 aromatic carbocycles. The second-order valence-corrected chi connectivity index (χ2v) is 7.01. The van der Waals surface area contributed by atoms with Gasteiger partial charge < -0.3 is 14.8 Å². The van der Waals surface area contributed by atoms with Crippen LogP contribution in [0.3, 0.4) is 0 Å². The number of halogens is 2. The molecule has 0 spiro atoms. The van der Waals surface area contributed by atoms with E-state index < -0.39 is 6.10 Å². The molecule has 0 aliphatic heterocycles. The van der Waals surface area contributed by atoms with Crippen molar-refractivity contribution in [3.63, 3.8) is 0 Å². The Morgan fingerprint density at radius 3 is 2.70 bits per heavy atom. The molecular formula is C16H16BrClN2O3. The van der Waals surface area contributed by atoms with Gasteiger partial charge in [-0.15, -0.1) is 0 Å². The molecule has 1 aliphatic carbocycles. The topological polar surface area (TPSA) is 75.2 Å². The molecule has 0 amide bonds. The zero-order valence-corrected chi connectivity index (χ0v) is 14.5. The number of nitrogens with zero attached hydrogens (tertiary/aromatic N) is 1. The normalized spacial score (nSPS) is 18.2. The predicted molar refractivity (Wildman–Crippen MR) is 89.4 cm³/mol. The van der Waals surface area contributed by atoms with Crippen LogP contribution in [-0.2, 0) is 9.53 Å². The van der Waals surface area contributed by atoms with Crippen LogP contribution >= 0.6 is 27.5 Å². The summed E-state index contributed by atoms with van der Waals surface area (Å²) in [6, 6.07) is 6.98. The molecular weight excluding hydrogens is 384 g/mol. The lowest BCUT2D eigenvalue weighted by molar-refractivity contribution is -0.134. The first-order valence-electron chi connectivity index (χ1n) is 7.31. The predicted octanol–water partition coefficient (Wildman–Crippen LogP) is 3.53. The number of aromatic nitrogens is 2. The highest BCUT2D eigenvalue weighted by Gasteiger charge is 2.40. The minimum absolute atomic E-state index is 0.275. The van der Waals surface area contributed by atoms with Crippen LogP contribution in [0.25, 0.3) is 0 Å². The van der Waals surface area contributed by atoms with Gasteiger partial charge in [0.1, 0.15) is 12.2 Å². The number of aromatic amines is 1. The van der Waals surface area contributed by atoms with E-state index in [9.17, 15) is 9.90 Å². The Morgan fingerprint density at radius 1 is 1.39 bits per heavy atom. The van der Waals surface area contributed by atoms with Gasteiger partial charge in [0.05, 0.1) is 22.5 Å². The van der Waals surface area contributed by atoms with Gasteiger partial charge in [0.2, 0.25) is 0 Å². The zero-order valence-electron chi connectivity index (χ0n) is 12.2. The first kappa shape index (κ1) is 16.5. The summed E-state index contributed by atoms with van der Waals surface area (Å²) in [6.45, 7) is 0.471. The fourth-order valence-electron chi connectivity index (χ4n) is 2.63. The molecule has 0 bridgehead atoms. The third-order valence-electron chi connectivity index (χ3n) is 4.01. The number of aliphatic hydroxyl groups excluding tert-OH is 1. The number of carbonyl (C=O) groups excluding carboxylic acids is 1. The van der Waals surface area contributed by atoms with Gasteiger partial charge in [0.15, 0.2) is 0 Å². The minimum atomic E-state index is -0.860. The van der Waals surface area contributed by atoms with Crippen molar-refractivity contribution in [3.8, 4) is 0 Å². The molecule has 1 fully saturated rings. The van der Waals surface area contributed by atoms with Crippen molar-refractivity contribution in [2.75, 3.05) is 0 Å². The van der Waals surface area contributed by atoms with Crippen LogP contribution in [0, 0.1) is 5.92 Å². The van der Waals surface area contributed by atoms with Crippen LogP contribution in [0.1, 0.15) is 40.7 Å². The summed E-state index contributed by atoms with van der Waals surface area (Å²) in [5.41, 5.74) is 1.93. The zero-order chi connectivity index (χ0) is 16.4. The fourth-order valence-corrected chi connectivity index (χ4v) is 3.68. The molecule has 1 aliphatic rings. The van der Waals surface area contributed by atoms with Crippen molar-refractivity contribution in [2.24, 2.45) is 5.92 Å². The van der Waals surface area contributed by atoms with Crippen molar-refractivity contribution in [3.05, 3.63) is 52.6 Å². The number of nitrogens with one attached hydrogen (secondary N) is 1. The van der Waals surface area contributed by atoms with Gasteiger partial charge in [-0.2, -0.15) is 0 Å². The third kappa shape index (κ3) is 3.59. The summed E-state index contributed by atoms with van der Waals surface area (Å²) in [5, 5.41) is 11.2. The Hall–Kier alpha value is -1.37. The molecule has 3 unspecified atom stereocenters. The molecule has 3 atom stereocenters. The van der Waals surface area contributed by atoms with E-state index in [0.29, 0.717) is 34.4 Å². The largest absolute Gasteiger partial charge is 0.463 e. The number of imidazole rings is 1. The summed E-state index contributed by atoms with van der Waals surface area (Å²) in [4.78, 5) is 17.8. The van der Waals surface area contributed by atoms with Crippen molar-refractivity contribution in [1.82, 2.24) is 9.97 Å². The number of alkyl halides is 1. The minimum Gasteiger partial charge on any atom is -0.463 e. The van der Waals surface area contributed by atoms with E-state index in [-0.39, 0.29) is 10.9 Å². The number of rotatable bonds is 7. The monoisotopic (exact) mass is 398 g/mol. The highest BCUT2D eigenvalue weighted by atomic mass is 79.9. The maximum absolute atomic E-state index is 10.8. The lowest BCUT2D eigenvalue weighted by Gasteiger charge is -2.21. The first-order chi connectivity index (χ1) is 11.1. The summed E-state index contributed by atoms with van der Waals surface area (Å²) < 4.78 is 5.23. The second-order valence-electron chi connectivity index (χ2n) is 5.59. The highest BCUT2D eigenvalue weighted by molar-refractivity contribution is 9.09. The number of aliphatic hydroxyl groups is 1. The van der Waals surface area contributed by atoms with Gasteiger partial charge in [-0.25, -0.2) is 4.98 Å². The fraction of sp³-hybridized carbons (Fsp3) is 0.375. The van der Waals surface area contributed by atoms with Gasteiger partial charge in [0.25, 0.3) is 6.47 Å². The molecule has 122 valence electrons. The molecule has 7 heteroatoms. The maximum Gasteiger partial charge on any atom is 0.293 e. The van der Waals surface area contributed by atoms with E-state index in [4.69, 9.17) is 16.3 Å². The van der Waals surface area contributed by atoms with Gasteiger partial charge >= 0.3 is 0 Å². The number of H-pyrrole nitrogens is 1. The summed E-state index contributed by atoms with van der Waals surface area (Å²) in [5.74, 6) is 0.335. The molecule has 2 aromatic rings. The van der Waals surface area contributed by atoms with E-state index >= 15 is 0 Å². The molecule has 1 saturated carbocycles. The van der Waals surface area contributed by atoms with Crippen molar-refractivity contribution >= 4 is 34.0 Å². The van der Waals surface area contributed by atoms with Gasteiger partial charge in [0, 0.05) is 5.02 Å². The average Bonchev–Trinajstić information content (AvgIpc) is 3.27. The molecule has 3 rings (SSSR count). The molecule has 2 N–H and O–H groups in total. The standard InChI is InChI=1S/C16H16BrClN2O3/c17-12(16(23-8-21)10-1-2-10)13-14(20-7-19-13)15(22)9-3-5-11(18)6-4-9/h3-8,10,12,15-16,22H,1-2H2,(H,19,20). The Morgan fingerprint density at radius 2 is 2.09 bits per heavy atom. The first-order valence-corrected chi connectivity index (χ1v) is 8.61. The van der Waals surface area contributed by atoms with Crippen LogP contribution < -0.4 is 0 Å². The molecule has 23 heavy (non-hydrogen) atoms. The Balaban J connectivity index is 1.86.